The Bertz CT molecular complexity index is 3290. The Hall–Kier alpha value is -6.84. The standard InChI is InChI=1S/C56H41NO2/c1-3-11-35-29-37(23-21-33(35)9-1)41-13-5-17-45-47-19-7-15-43(55(47)58-53(41)45)39-25-27-51-49(31-39)50-32-40(26-28-52(50)57-51)44-16-8-20-48-46-18-6-14-42(54(46)59-56(44)48)38-24-22-34-10-2-4-12-36(34)30-38/h5-8,13-32,57H,1-4,9-12H2. The zero-order valence-electron chi connectivity index (χ0n) is 32.8. The smallest absolute Gasteiger partial charge is 0.143 e. The molecule has 2 aliphatic rings. The van der Waals surface area contributed by atoms with Gasteiger partial charge in [0.25, 0.3) is 0 Å². The van der Waals surface area contributed by atoms with E-state index in [2.05, 4.69) is 151 Å². The molecule has 0 radical (unpaired) electrons. The van der Waals surface area contributed by atoms with Crippen molar-refractivity contribution >= 4 is 65.7 Å². The Morgan fingerprint density at radius 2 is 0.644 bits per heavy atom. The molecule has 3 heterocycles. The molecule has 0 unspecified atom stereocenters. The summed E-state index contributed by atoms with van der Waals surface area (Å²) in [6, 6.07) is 53.9. The minimum Gasteiger partial charge on any atom is -0.455 e. The van der Waals surface area contributed by atoms with Crippen molar-refractivity contribution in [2.24, 2.45) is 0 Å². The summed E-state index contributed by atoms with van der Waals surface area (Å²) in [7, 11) is 0. The van der Waals surface area contributed by atoms with Gasteiger partial charge in [-0.1, -0.05) is 121 Å². The van der Waals surface area contributed by atoms with E-state index in [1.807, 2.05) is 0 Å². The van der Waals surface area contributed by atoms with E-state index < -0.39 is 0 Å². The van der Waals surface area contributed by atoms with Crippen LogP contribution in [0.25, 0.3) is 110 Å². The highest BCUT2D eigenvalue weighted by Gasteiger charge is 2.20. The normalized spacial score (nSPS) is 14.2. The predicted octanol–water partition coefficient (Wildman–Crippen LogP) is 15.5. The quantitative estimate of drug-likeness (QED) is 0.194. The molecule has 13 rings (SSSR count). The number of hydrogen-bond donors (Lipinski definition) is 1. The second-order valence-electron chi connectivity index (χ2n) is 17.0. The maximum absolute atomic E-state index is 6.93. The van der Waals surface area contributed by atoms with E-state index in [9.17, 15) is 0 Å². The van der Waals surface area contributed by atoms with Crippen molar-refractivity contribution in [3.8, 4) is 44.5 Å². The van der Waals surface area contributed by atoms with Gasteiger partial charge in [-0.25, -0.2) is 0 Å². The van der Waals surface area contributed by atoms with Crippen LogP contribution in [0.15, 0.2) is 154 Å². The lowest BCUT2D eigenvalue weighted by Crippen LogP contribution is -2.02. The largest absolute Gasteiger partial charge is 0.455 e. The summed E-state index contributed by atoms with van der Waals surface area (Å²) in [5.74, 6) is 0. The van der Waals surface area contributed by atoms with Crippen LogP contribution < -0.4 is 0 Å². The molecule has 0 saturated carbocycles. The molecule has 0 aliphatic heterocycles. The first-order valence-corrected chi connectivity index (χ1v) is 21.4. The van der Waals surface area contributed by atoms with E-state index in [4.69, 9.17) is 8.83 Å². The average Bonchev–Trinajstić information content (AvgIpc) is 3.99. The van der Waals surface area contributed by atoms with Crippen LogP contribution in [-0.2, 0) is 25.7 Å². The molecule has 0 saturated heterocycles. The predicted molar refractivity (Wildman–Crippen MR) is 245 cm³/mol. The molecular formula is C56H41NO2. The van der Waals surface area contributed by atoms with Gasteiger partial charge in [0.15, 0.2) is 0 Å². The maximum Gasteiger partial charge on any atom is 0.143 e. The molecule has 1 N–H and O–H groups in total. The van der Waals surface area contributed by atoms with Crippen molar-refractivity contribution in [2.75, 3.05) is 0 Å². The Morgan fingerprint density at radius 1 is 0.305 bits per heavy atom. The van der Waals surface area contributed by atoms with Gasteiger partial charge in [0.05, 0.1) is 0 Å². The van der Waals surface area contributed by atoms with Gasteiger partial charge < -0.3 is 13.8 Å². The van der Waals surface area contributed by atoms with Gasteiger partial charge in [-0.05, 0) is 120 Å². The van der Waals surface area contributed by atoms with Gasteiger partial charge in [-0.15, -0.1) is 0 Å². The average molecular weight is 760 g/mol. The highest BCUT2D eigenvalue weighted by atomic mass is 16.3. The first kappa shape index (κ1) is 33.2. The number of aromatic nitrogens is 1. The van der Waals surface area contributed by atoms with Crippen LogP contribution >= 0.6 is 0 Å². The Labute approximate surface area is 341 Å². The molecule has 2 aliphatic carbocycles. The minimum absolute atomic E-state index is 0.930. The molecule has 282 valence electrons. The molecule has 11 aromatic rings. The molecule has 3 heteroatoms. The SMILES string of the molecule is c1cc(-c2ccc3c(c2)CCCC3)c2oc3c(-c4ccc5[nH]c6ccc(-c7cccc8c7oc7c(-c9ccc%10c(c9)CCCC%10)cccc78)cc6c5c4)cccc3c2c1. The Morgan fingerprint density at radius 3 is 1.03 bits per heavy atom. The summed E-state index contributed by atoms with van der Waals surface area (Å²) in [6.45, 7) is 0. The number of fused-ring (bicyclic) bond motifs is 11. The van der Waals surface area contributed by atoms with Gasteiger partial charge in [0.2, 0.25) is 0 Å². The van der Waals surface area contributed by atoms with E-state index in [1.165, 1.54) is 82.7 Å². The summed E-state index contributed by atoms with van der Waals surface area (Å²) in [5, 5.41) is 6.98. The highest BCUT2D eigenvalue weighted by molar-refractivity contribution is 6.16. The van der Waals surface area contributed by atoms with E-state index in [-0.39, 0.29) is 0 Å². The molecule has 8 aromatic carbocycles. The number of H-pyrrole nitrogens is 1. The monoisotopic (exact) mass is 759 g/mol. The van der Waals surface area contributed by atoms with Crippen LogP contribution in [-0.4, -0.2) is 4.98 Å². The zero-order chi connectivity index (χ0) is 38.6. The van der Waals surface area contributed by atoms with Crippen LogP contribution in [0.1, 0.15) is 47.9 Å². The first-order chi connectivity index (χ1) is 29.2. The lowest BCUT2D eigenvalue weighted by Gasteiger charge is -2.16. The lowest BCUT2D eigenvalue weighted by atomic mass is 9.89. The second kappa shape index (κ2) is 12.8. The van der Waals surface area contributed by atoms with Crippen molar-refractivity contribution in [3.05, 3.63) is 168 Å². The van der Waals surface area contributed by atoms with Gasteiger partial charge in [-0.3, -0.25) is 0 Å². The van der Waals surface area contributed by atoms with Gasteiger partial charge in [0, 0.05) is 65.6 Å². The Kier molecular flexibility index (Phi) is 7.21. The minimum atomic E-state index is 0.930. The number of furan rings is 2. The van der Waals surface area contributed by atoms with Gasteiger partial charge in [-0.2, -0.15) is 0 Å². The van der Waals surface area contributed by atoms with E-state index in [0.29, 0.717) is 0 Å². The van der Waals surface area contributed by atoms with Crippen molar-refractivity contribution in [1.29, 1.82) is 0 Å². The number of nitrogens with one attached hydrogen (secondary N) is 1. The van der Waals surface area contributed by atoms with Crippen LogP contribution in [0.3, 0.4) is 0 Å². The third-order valence-electron chi connectivity index (χ3n) is 13.6. The summed E-state index contributed by atoms with van der Waals surface area (Å²) in [5.41, 5.74) is 21.2. The van der Waals surface area contributed by atoms with Crippen molar-refractivity contribution in [1.82, 2.24) is 4.98 Å². The van der Waals surface area contributed by atoms with Crippen LogP contribution in [0, 0.1) is 0 Å². The maximum atomic E-state index is 6.93. The number of rotatable bonds is 4. The van der Waals surface area contributed by atoms with Gasteiger partial charge in [0.1, 0.15) is 22.3 Å². The highest BCUT2D eigenvalue weighted by Crippen LogP contribution is 2.44. The summed E-state index contributed by atoms with van der Waals surface area (Å²) >= 11 is 0. The first-order valence-electron chi connectivity index (χ1n) is 21.4. The van der Waals surface area contributed by atoms with Crippen LogP contribution in [0.2, 0.25) is 0 Å². The molecule has 0 fully saturated rings. The van der Waals surface area contributed by atoms with Crippen molar-refractivity contribution in [2.45, 2.75) is 51.4 Å². The summed E-state index contributed by atoms with van der Waals surface area (Å²) < 4.78 is 13.9. The van der Waals surface area contributed by atoms with Crippen LogP contribution in [0.4, 0.5) is 0 Å². The van der Waals surface area contributed by atoms with Crippen LogP contribution in [0.5, 0.6) is 0 Å². The molecule has 3 aromatic heterocycles. The van der Waals surface area contributed by atoms with Crippen molar-refractivity contribution in [3.63, 3.8) is 0 Å². The number of benzene rings is 8. The van der Waals surface area contributed by atoms with Gasteiger partial charge >= 0.3 is 0 Å². The molecule has 0 spiro atoms. The number of para-hydroxylation sites is 4. The van der Waals surface area contributed by atoms with E-state index in [0.717, 1.165) is 101 Å². The fourth-order valence-corrected chi connectivity index (χ4v) is 10.6. The molecule has 59 heavy (non-hydrogen) atoms. The second-order valence-corrected chi connectivity index (χ2v) is 17.0. The molecule has 0 atom stereocenters. The molecular weight excluding hydrogens is 719 g/mol. The zero-order valence-corrected chi connectivity index (χ0v) is 32.8. The fraction of sp³-hybridized carbons (Fsp3) is 0.143. The number of aromatic amines is 1. The fourth-order valence-electron chi connectivity index (χ4n) is 10.6. The summed E-state index contributed by atoms with van der Waals surface area (Å²) in [6.07, 6.45) is 9.80. The third kappa shape index (κ3) is 5.14. The molecule has 0 amide bonds. The topological polar surface area (TPSA) is 42.1 Å². The number of hydrogen-bond acceptors (Lipinski definition) is 2. The number of aryl methyl sites for hydroxylation is 4. The summed E-state index contributed by atoms with van der Waals surface area (Å²) in [4.78, 5) is 3.70. The third-order valence-corrected chi connectivity index (χ3v) is 13.6. The van der Waals surface area contributed by atoms with Crippen molar-refractivity contribution < 1.29 is 8.83 Å². The molecule has 0 bridgehead atoms. The Balaban J connectivity index is 0.926. The molecule has 3 nitrogen and oxygen atoms in total. The van der Waals surface area contributed by atoms with E-state index in [1.54, 1.807) is 0 Å². The van der Waals surface area contributed by atoms with E-state index >= 15 is 0 Å². The lowest BCUT2D eigenvalue weighted by molar-refractivity contribution is 0.670.